The Labute approximate surface area is 64.9 Å². The maximum Gasteiger partial charge on any atom is 0.230 e. The van der Waals surface area contributed by atoms with Gasteiger partial charge in [-0.15, -0.1) is 0 Å². The van der Waals surface area contributed by atoms with E-state index in [-0.39, 0.29) is 12.5 Å². The summed E-state index contributed by atoms with van der Waals surface area (Å²) in [7, 11) is 0. The maximum atomic E-state index is 8.84. The molecule has 2 rings (SSSR count). The van der Waals surface area contributed by atoms with Crippen molar-refractivity contribution in [2.75, 3.05) is 13.4 Å². The Kier molecular flexibility index (Phi) is 1.58. The zero-order valence-corrected chi connectivity index (χ0v) is 6.12. The first-order valence-corrected chi connectivity index (χ1v) is 3.68. The van der Waals surface area contributed by atoms with E-state index in [0.717, 1.165) is 17.9 Å². The Morgan fingerprint density at radius 3 is 3.27 bits per heavy atom. The molecule has 3 heteroatoms. The minimum absolute atomic E-state index is 0.177. The van der Waals surface area contributed by atoms with Crippen LogP contribution in [0.4, 0.5) is 0 Å². The fourth-order valence-electron chi connectivity index (χ4n) is 1.27. The predicted molar refractivity (Wildman–Crippen MR) is 38.4 cm³/mol. The van der Waals surface area contributed by atoms with Crippen molar-refractivity contribution in [3.05, 3.63) is 23.7 Å². The van der Waals surface area contributed by atoms with Crippen LogP contribution in [0.1, 0.15) is 6.42 Å². The third-order valence-electron chi connectivity index (χ3n) is 1.92. The van der Waals surface area contributed by atoms with Crippen LogP contribution in [-0.4, -0.2) is 18.5 Å². The molecule has 1 N–H and O–H groups in total. The van der Waals surface area contributed by atoms with Gasteiger partial charge < -0.3 is 14.6 Å². The molecular formula is C8H10O3. The Morgan fingerprint density at radius 2 is 2.45 bits per heavy atom. The van der Waals surface area contributed by atoms with Gasteiger partial charge in [0.25, 0.3) is 0 Å². The lowest BCUT2D eigenvalue weighted by molar-refractivity contribution is 0.0707. The second kappa shape index (κ2) is 2.58. The molecule has 3 nitrogen and oxygen atoms in total. The molecule has 1 heterocycles. The lowest BCUT2D eigenvalue weighted by Gasteiger charge is -2.12. The molecule has 0 amide bonds. The summed E-state index contributed by atoms with van der Waals surface area (Å²) in [6, 6.07) is 0. The number of hydrogen-bond acceptors (Lipinski definition) is 3. The zero-order chi connectivity index (χ0) is 7.68. The van der Waals surface area contributed by atoms with Gasteiger partial charge in [-0.2, -0.15) is 0 Å². The highest BCUT2D eigenvalue weighted by Crippen LogP contribution is 2.28. The third kappa shape index (κ3) is 1.12. The maximum absolute atomic E-state index is 8.84. The normalized spacial score (nSPS) is 27.9. The average molecular weight is 154 g/mol. The summed E-state index contributed by atoms with van der Waals surface area (Å²) < 4.78 is 10.3. The van der Waals surface area contributed by atoms with Crippen LogP contribution in [0.2, 0.25) is 0 Å². The van der Waals surface area contributed by atoms with E-state index < -0.39 is 0 Å². The van der Waals surface area contributed by atoms with Gasteiger partial charge in [-0.3, -0.25) is 0 Å². The molecule has 60 valence electrons. The van der Waals surface area contributed by atoms with Gasteiger partial charge in [-0.05, 0) is 6.08 Å². The van der Waals surface area contributed by atoms with Crippen molar-refractivity contribution < 1.29 is 14.6 Å². The fourth-order valence-corrected chi connectivity index (χ4v) is 1.27. The molecule has 0 bridgehead atoms. The minimum atomic E-state index is 0.177. The Hall–Kier alpha value is -0.960. The molecule has 11 heavy (non-hydrogen) atoms. The van der Waals surface area contributed by atoms with Crippen LogP contribution in [0.15, 0.2) is 23.7 Å². The lowest BCUT2D eigenvalue weighted by Crippen LogP contribution is -2.07. The van der Waals surface area contributed by atoms with Gasteiger partial charge in [-0.25, -0.2) is 0 Å². The predicted octanol–water partition coefficient (Wildman–Crippen LogP) is 0.771. The van der Waals surface area contributed by atoms with Gasteiger partial charge >= 0.3 is 0 Å². The van der Waals surface area contributed by atoms with E-state index in [1.165, 1.54) is 0 Å². The average Bonchev–Trinajstić information content (AvgIpc) is 2.50. The van der Waals surface area contributed by atoms with E-state index in [1.54, 1.807) is 0 Å². The van der Waals surface area contributed by atoms with Crippen LogP contribution in [0, 0.1) is 5.92 Å². The van der Waals surface area contributed by atoms with Crippen molar-refractivity contribution in [3.63, 3.8) is 0 Å². The molecular weight excluding hydrogens is 144 g/mol. The summed E-state index contributed by atoms with van der Waals surface area (Å²) in [6.07, 6.45) is 4.59. The van der Waals surface area contributed by atoms with Crippen molar-refractivity contribution in [2.45, 2.75) is 6.42 Å². The molecule has 0 fully saturated rings. The van der Waals surface area contributed by atoms with E-state index >= 15 is 0 Å². The molecule has 1 aliphatic carbocycles. The number of hydrogen-bond donors (Lipinski definition) is 1. The standard InChI is InChI=1S/C8H10O3/c9-4-6-1-2-7-8(3-6)11-5-10-7/h1-2,6,9H,3-5H2. The highest BCUT2D eigenvalue weighted by Gasteiger charge is 2.22. The topological polar surface area (TPSA) is 38.7 Å². The summed E-state index contributed by atoms with van der Waals surface area (Å²) in [6.45, 7) is 0.504. The lowest BCUT2D eigenvalue weighted by atomic mass is 10.00. The van der Waals surface area contributed by atoms with Crippen LogP contribution < -0.4 is 0 Å². The van der Waals surface area contributed by atoms with Crippen LogP contribution >= 0.6 is 0 Å². The van der Waals surface area contributed by atoms with Crippen molar-refractivity contribution in [1.29, 1.82) is 0 Å². The van der Waals surface area contributed by atoms with Crippen LogP contribution in [-0.2, 0) is 9.47 Å². The number of aliphatic hydroxyl groups excluding tert-OH is 1. The van der Waals surface area contributed by atoms with Crippen molar-refractivity contribution in [2.24, 2.45) is 5.92 Å². The summed E-state index contributed by atoms with van der Waals surface area (Å²) >= 11 is 0. The largest absolute Gasteiger partial charge is 0.458 e. The molecule has 0 saturated carbocycles. The van der Waals surface area contributed by atoms with Gasteiger partial charge in [0, 0.05) is 18.9 Å². The molecule has 0 spiro atoms. The van der Waals surface area contributed by atoms with E-state index in [0.29, 0.717) is 6.79 Å². The Balaban J connectivity index is 2.12. The monoisotopic (exact) mass is 154 g/mol. The van der Waals surface area contributed by atoms with Crippen LogP contribution in [0.25, 0.3) is 0 Å². The van der Waals surface area contributed by atoms with Gasteiger partial charge in [0.1, 0.15) is 5.76 Å². The number of allylic oxidation sites excluding steroid dienone is 2. The Morgan fingerprint density at radius 1 is 1.55 bits per heavy atom. The van der Waals surface area contributed by atoms with Crippen molar-refractivity contribution in [3.8, 4) is 0 Å². The molecule has 0 radical (unpaired) electrons. The van der Waals surface area contributed by atoms with Gasteiger partial charge in [-0.1, -0.05) is 6.08 Å². The summed E-state index contributed by atoms with van der Waals surface area (Å²) in [5.41, 5.74) is 0. The molecule has 1 aliphatic heterocycles. The Bertz CT molecular complexity index is 217. The minimum Gasteiger partial charge on any atom is -0.458 e. The first-order chi connectivity index (χ1) is 5.40. The van der Waals surface area contributed by atoms with Crippen LogP contribution in [0.5, 0.6) is 0 Å². The number of ether oxygens (including phenoxy) is 2. The molecule has 0 aromatic carbocycles. The third-order valence-corrected chi connectivity index (χ3v) is 1.92. The van der Waals surface area contributed by atoms with Gasteiger partial charge in [0.2, 0.25) is 6.79 Å². The van der Waals surface area contributed by atoms with Crippen molar-refractivity contribution >= 4 is 0 Å². The fraction of sp³-hybridized carbons (Fsp3) is 0.500. The smallest absolute Gasteiger partial charge is 0.230 e. The SMILES string of the molecule is OCC1C=CC2=C(C1)OCO2. The molecule has 1 unspecified atom stereocenters. The van der Waals surface area contributed by atoms with Crippen molar-refractivity contribution in [1.82, 2.24) is 0 Å². The number of aliphatic hydroxyl groups is 1. The molecule has 0 aromatic heterocycles. The molecule has 0 aromatic rings. The zero-order valence-electron chi connectivity index (χ0n) is 6.12. The quantitative estimate of drug-likeness (QED) is 0.606. The first kappa shape index (κ1) is 6.73. The molecule has 1 atom stereocenters. The second-order valence-electron chi connectivity index (χ2n) is 2.70. The second-order valence-corrected chi connectivity index (χ2v) is 2.70. The van der Waals surface area contributed by atoms with E-state index in [4.69, 9.17) is 14.6 Å². The highest BCUT2D eigenvalue weighted by atomic mass is 16.7. The van der Waals surface area contributed by atoms with Gasteiger partial charge in [0.05, 0.1) is 0 Å². The first-order valence-electron chi connectivity index (χ1n) is 3.68. The van der Waals surface area contributed by atoms with E-state index in [1.807, 2.05) is 12.2 Å². The van der Waals surface area contributed by atoms with Gasteiger partial charge in [0.15, 0.2) is 5.76 Å². The molecule has 0 saturated heterocycles. The van der Waals surface area contributed by atoms with E-state index in [2.05, 4.69) is 0 Å². The van der Waals surface area contributed by atoms with Crippen LogP contribution in [0.3, 0.4) is 0 Å². The summed E-state index contributed by atoms with van der Waals surface area (Å²) in [4.78, 5) is 0. The highest BCUT2D eigenvalue weighted by molar-refractivity contribution is 5.24. The molecule has 2 aliphatic rings. The summed E-state index contributed by atoms with van der Waals surface area (Å²) in [5, 5.41) is 8.84. The summed E-state index contributed by atoms with van der Waals surface area (Å²) in [5.74, 6) is 1.91. The number of rotatable bonds is 1. The van der Waals surface area contributed by atoms with E-state index in [9.17, 15) is 0 Å².